The van der Waals surface area contributed by atoms with E-state index in [1.807, 2.05) is 0 Å². The molecule has 0 aliphatic carbocycles. The van der Waals surface area contributed by atoms with Crippen LogP contribution in [-0.4, -0.2) is 16.7 Å². The lowest BCUT2D eigenvalue weighted by Crippen LogP contribution is -2.24. The number of carbonyl (C=O) groups is 2. The van der Waals surface area contributed by atoms with Gasteiger partial charge in [0, 0.05) is 29.9 Å². The summed E-state index contributed by atoms with van der Waals surface area (Å²) in [7, 11) is 0. The van der Waals surface area contributed by atoms with Crippen LogP contribution in [0.5, 0.6) is 0 Å². The van der Waals surface area contributed by atoms with E-state index in [1.54, 1.807) is 6.92 Å². The average Bonchev–Trinajstić information content (AvgIpc) is 2.56. The van der Waals surface area contributed by atoms with Gasteiger partial charge in [-0.1, -0.05) is 0 Å². The highest BCUT2D eigenvalue weighted by molar-refractivity contribution is 5.94. The van der Waals surface area contributed by atoms with Crippen molar-refractivity contribution in [3.05, 3.63) is 64.0 Å². The van der Waals surface area contributed by atoms with Crippen molar-refractivity contribution in [1.29, 1.82) is 0 Å². The molecule has 29 heavy (non-hydrogen) atoms. The third kappa shape index (κ3) is 6.30. The molecule has 0 saturated carbocycles. The summed E-state index contributed by atoms with van der Waals surface area (Å²) in [5, 5.41) is 2.29. The molecule has 156 valence electrons. The smallest absolute Gasteiger partial charge is 0.348 e. The van der Waals surface area contributed by atoms with Crippen molar-refractivity contribution < 1.29 is 35.9 Å². The van der Waals surface area contributed by atoms with E-state index in [0.29, 0.717) is 23.5 Å². The predicted octanol–water partition coefficient (Wildman–Crippen LogP) is 4.49. The number of halogens is 6. The Morgan fingerprint density at radius 2 is 1.48 bits per heavy atom. The molecule has 0 aliphatic heterocycles. The second-order valence-electron chi connectivity index (χ2n) is 6.46. The third-order valence-corrected chi connectivity index (χ3v) is 3.80. The number of pyridine rings is 1. The molecular formula is C19H16F6N2O2. The molecule has 0 radical (unpaired) electrons. The van der Waals surface area contributed by atoms with Gasteiger partial charge < -0.3 is 5.32 Å². The fourth-order valence-electron chi connectivity index (χ4n) is 2.62. The summed E-state index contributed by atoms with van der Waals surface area (Å²) in [6.45, 7) is 2.38. The van der Waals surface area contributed by atoms with Crippen LogP contribution in [-0.2, 0) is 30.1 Å². The maximum atomic E-state index is 12.9. The monoisotopic (exact) mass is 418 g/mol. The summed E-state index contributed by atoms with van der Waals surface area (Å²) in [6.07, 6.45) is -9.95. The summed E-state index contributed by atoms with van der Waals surface area (Å²) in [5.74, 6) is -0.899. The summed E-state index contributed by atoms with van der Waals surface area (Å²) >= 11 is 0. The molecule has 0 saturated heterocycles. The molecular weight excluding hydrogens is 402 g/mol. The Morgan fingerprint density at radius 1 is 0.931 bits per heavy atom. The van der Waals surface area contributed by atoms with E-state index in [2.05, 4.69) is 10.3 Å². The molecule has 2 rings (SSSR count). The molecule has 1 aromatic carbocycles. The van der Waals surface area contributed by atoms with Gasteiger partial charge in [0.05, 0.1) is 11.1 Å². The van der Waals surface area contributed by atoms with Gasteiger partial charge in [0.25, 0.3) is 5.91 Å². The highest BCUT2D eigenvalue weighted by Crippen LogP contribution is 2.36. The number of aryl methyl sites for hydroxylation is 1. The van der Waals surface area contributed by atoms with E-state index >= 15 is 0 Å². The van der Waals surface area contributed by atoms with E-state index < -0.39 is 35.9 Å². The summed E-state index contributed by atoms with van der Waals surface area (Å²) in [5.41, 5.74) is -2.40. The summed E-state index contributed by atoms with van der Waals surface area (Å²) in [6, 6.07) is 3.86. The van der Waals surface area contributed by atoms with Gasteiger partial charge in [-0.15, -0.1) is 0 Å². The van der Waals surface area contributed by atoms with Gasteiger partial charge in [-0.2, -0.15) is 26.3 Å². The Bertz CT molecular complexity index is 903. The summed E-state index contributed by atoms with van der Waals surface area (Å²) < 4.78 is 77.4. The van der Waals surface area contributed by atoms with Crippen LogP contribution in [0.4, 0.5) is 26.3 Å². The van der Waals surface area contributed by atoms with Gasteiger partial charge in [-0.05, 0) is 49.7 Å². The van der Waals surface area contributed by atoms with Gasteiger partial charge in [0.15, 0.2) is 0 Å². The fourth-order valence-corrected chi connectivity index (χ4v) is 2.62. The van der Waals surface area contributed by atoms with Crippen LogP contribution >= 0.6 is 0 Å². The zero-order valence-corrected chi connectivity index (χ0v) is 15.3. The first-order chi connectivity index (χ1) is 13.3. The quantitative estimate of drug-likeness (QED) is 0.728. The van der Waals surface area contributed by atoms with Gasteiger partial charge >= 0.3 is 12.4 Å². The zero-order chi connectivity index (χ0) is 22.0. The summed E-state index contributed by atoms with van der Waals surface area (Å²) in [4.78, 5) is 27.6. The molecule has 4 nitrogen and oxygen atoms in total. The van der Waals surface area contributed by atoms with Gasteiger partial charge in [-0.3, -0.25) is 14.6 Å². The first-order valence-corrected chi connectivity index (χ1v) is 8.29. The first kappa shape index (κ1) is 22.4. The van der Waals surface area contributed by atoms with E-state index in [0.717, 1.165) is 0 Å². The highest BCUT2D eigenvalue weighted by Gasteiger charge is 2.36. The van der Waals surface area contributed by atoms with Crippen molar-refractivity contribution in [1.82, 2.24) is 10.3 Å². The Morgan fingerprint density at radius 3 is 1.97 bits per heavy atom. The molecule has 1 heterocycles. The minimum atomic E-state index is -4.97. The topological polar surface area (TPSA) is 59.1 Å². The number of rotatable bonds is 5. The molecule has 0 unspecified atom stereocenters. The van der Waals surface area contributed by atoms with Crippen molar-refractivity contribution in [3.8, 4) is 0 Å². The number of ketones is 1. The van der Waals surface area contributed by atoms with Crippen LogP contribution in [0.3, 0.4) is 0 Å². The zero-order valence-electron chi connectivity index (χ0n) is 15.3. The van der Waals surface area contributed by atoms with Crippen molar-refractivity contribution in [2.45, 2.75) is 39.2 Å². The number of alkyl halides is 6. The van der Waals surface area contributed by atoms with Crippen molar-refractivity contribution in [2.75, 3.05) is 0 Å². The largest absolute Gasteiger partial charge is 0.416 e. The fraction of sp³-hybridized carbons (Fsp3) is 0.316. The van der Waals surface area contributed by atoms with Crippen LogP contribution in [0.2, 0.25) is 0 Å². The molecule has 0 aliphatic rings. The van der Waals surface area contributed by atoms with E-state index in [1.165, 1.54) is 19.1 Å². The molecule has 0 spiro atoms. The molecule has 1 N–H and O–H groups in total. The number of carbonyl (C=O) groups excluding carboxylic acids is 2. The maximum Gasteiger partial charge on any atom is 0.416 e. The number of nitrogens with one attached hydrogen (secondary N) is 1. The van der Waals surface area contributed by atoms with Gasteiger partial charge in [0.1, 0.15) is 5.78 Å². The number of benzene rings is 1. The standard InChI is InChI=1S/C19H16F6N2O2/c1-10-3-13(7-16(27-10)4-11(2)28)17(29)26-9-12-5-14(18(20,21)22)8-15(6-12)19(23,24)25/h3,5-8H,4,9H2,1-2H3,(H,26,29). The normalized spacial score (nSPS) is 12.0. The average molecular weight is 418 g/mol. The number of hydrogen-bond donors (Lipinski definition) is 1. The predicted molar refractivity (Wildman–Crippen MR) is 91.0 cm³/mol. The number of hydrogen-bond acceptors (Lipinski definition) is 3. The SMILES string of the molecule is CC(=O)Cc1cc(C(=O)NCc2cc(C(F)(F)F)cc(C(F)(F)F)c2)cc(C)n1. The molecule has 1 amide bonds. The highest BCUT2D eigenvalue weighted by atomic mass is 19.4. The van der Waals surface area contributed by atoms with Gasteiger partial charge in [-0.25, -0.2) is 0 Å². The van der Waals surface area contributed by atoms with Crippen molar-refractivity contribution in [2.24, 2.45) is 0 Å². The number of aromatic nitrogens is 1. The lowest BCUT2D eigenvalue weighted by atomic mass is 10.0. The molecule has 0 bridgehead atoms. The number of Topliss-reactive ketones (excluding diaryl/α,β-unsaturated/α-hetero) is 1. The third-order valence-electron chi connectivity index (χ3n) is 3.80. The molecule has 0 atom stereocenters. The maximum absolute atomic E-state index is 12.9. The van der Waals surface area contributed by atoms with Crippen LogP contribution in [0.15, 0.2) is 30.3 Å². The Labute approximate surface area is 161 Å². The molecule has 10 heteroatoms. The second kappa shape index (κ2) is 8.22. The van der Waals surface area contributed by atoms with Crippen LogP contribution in [0.25, 0.3) is 0 Å². The van der Waals surface area contributed by atoms with Crippen LogP contribution in [0.1, 0.15) is 45.4 Å². The Balaban J connectivity index is 2.26. The first-order valence-electron chi connectivity index (χ1n) is 8.29. The lowest BCUT2D eigenvalue weighted by molar-refractivity contribution is -0.143. The van der Waals surface area contributed by atoms with Gasteiger partial charge in [0.2, 0.25) is 0 Å². The van der Waals surface area contributed by atoms with Crippen LogP contribution in [0, 0.1) is 6.92 Å². The van der Waals surface area contributed by atoms with E-state index in [4.69, 9.17) is 0 Å². The minimum absolute atomic E-state index is 0.00939. The lowest BCUT2D eigenvalue weighted by Gasteiger charge is -2.15. The Hall–Kier alpha value is -2.91. The molecule has 1 aromatic heterocycles. The number of nitrogens with zero attached hydrogens (tertiary/aromatic N) is 1. The second-order valence-corrected chi connectivity index (χ2v) is 6.46. The van der Waals surface area contributed by atoms with Crippen molar-refractivity contribution >= 4 is 11.7 Å². The van der Waals surface area contributed by atoms with E-state index in [-0.39, 0.29) is 29.4 Å². The Kier molecular flexibility index (Phi) is 6.34. The van der Waals surface area contributed by atoms with Crippen LogP contribution < -0.4 is 5.32 Å². The number of amides is 1. The molecule has 2 aromatic rings. The molecule has 0 fully saturated rings. The minimum Gasteiger partial charge on any atom is -0.348 e. The van der Waals surface area contributed by atoms with Crippen molar-refractivity contribution in [3.63, 3.8) is 0 Å². The van der Waals surface area contributed by atoms with E-state index in [9.17, 15) is 35.9 Å².